The highest BCUT2D eigenvalue weighted by Gasteiger charge is 2.59. The number of fused-ring (bicyclic) bond motifs is 6. The summed E-state index contributed by atoms with van der Waals surface area (Å²) in [6.07, 6.45) is 5.06. The van der Waals surface area contributed by atoms with E-state index in [4.69, 9.17) is 4.74 Å². The Morgan fingerprint density at radius 3 is 2.45 bits per heavy atom. The Kier molecular flexibility index (Phi) is 4.58. The van der Waals surface area contributed by atoms with Crippen LogP contribution in [0.25, 0.3) is 10.2 Å². The third kappa shape index (κ3) is 3.16. The lowest BCUT2D eigenvalue weighted by Crippen LogP contribution is -2.32. The van der Waals surface area contributed by atoms with Gasteiger partial charge in [-0.2, -0.15) is 0 Å². The third-order valence-corrected chi connectivity index (χ3v) is 7.68. The molecule has 0 spiro atoms. The average Bonchev–Trinajstić information content (AvgIpc) is 3.57. The number of allylic oxidation sites excluding steroid dienone is 2. The van der Waals surface area contributed by atoms with E-state index in [0.29, 0.717) is 23.0 Å². The molecule has 1 saturated carbocycles. The van der Waals surface area contributed by atoms with E-state index < -0.39 is 0 Å². The van der Waals surface area contributed by atoms with Crippen LogP contribution in [0.1, 0.15) is 23.7 Å². The van der Waals surface area contributed by atoms with Gasteiger partial charge in [-0.25, -0.2) is 4.98 Å². The summed E-state index contributed by atoms with van der Waals surface area (Å²) in [7, 11) is 0. The molecule has 3 aromatic rings. The fourth-order valence-corrected chi connectivity index (χ4v) is 6.19. The van der Waals surface area contributed by atoms with E-state index in [1.165, 1.54) is 16.2 Å². The van der Waals surface area contributed by atoms with Gasteiger partial charge in [-0.05, 0) is 67.6 Å². The number of thiazole rings is 1. The van der Waals surface area contributed by atoms with Crippen LogP contribution in [0.3, 0.4) is 0 Å². The van der Waals surface area contributed by atoms with Gasteiger partial charge in [0, 0.05) is 5.56 Å². The van der Waals surface area contributed by atoms with Gasteiger partial charge in [0.15, 0.2) is 5.13 Å². The predicted molar refractivity (Wildman–Crippen MR) is 125 cm³/mol. The first-order valence-corrected chi connectivity index (χ1v) is 11.9. The number of nitrogens with zero attached hydrogens (tertiary/aromatic N) is 2. The highest BCUT2D eigenvalue weighted by molar-refractivity contribution is 7.22. The average molecular weight is 460 g/mol. The molecular formula is C25H21N3O4S. The zero-order valence-corrected chi connectivity index (χ0v) is 18.7. The molecule has 2 aromatic carbocycles. The summed E-state index contributed by atoms with van der Waals surface area (Å²) < 4.78 is 6.44. The Balaban J connectivity index is 1.18. The minimum atomic E-state index is -0.302. The summed E-state index contributed by atoms with van der Waals surface area (Å²) >= 11 is 1.37. The molecule has 3 aliphatic rings. The van der Waals surface area contributed by atoms with Crippen LogP contribution in [-0.2, 0) is 9.59 Å². The molecule has 8 heteroatoms. The fourth-order valence-electron chi connectivity index (χ4n) is 5.30. The van der Waals surface area contributed by atoms with Gasteiger partial charge >= 0.3 is 0 Å². The molecule has 4 atom stereocenters. The van der Waals surface area contributed by atoms with Crippen molar-refractivity contribution < 1.29 is 19.1 Å². The van der Waals surface area contributed by atoms with Gasteiger partial charge in [0.1, 0.15) is 5.75 Å². The summed E-state index contributed by atoms with van der Waals surface area (Å²) in [5.41, 5.74) is 1.72. The van der Waals surface area contributed by atoms with E-state index in [1.54, 1.807) is 24.3 Å². The molecule has 2 bridgehead atoms. The first-order chi connectivity index (χ1) is 16.0. The largest absolute Gasteiger partial charge is 0.494 e. The topological polar surface area (TPSA) is 88.6 Å². The zero-order chi connectivity index (χ0) is 22.7. The Morgan fingerprint density at radius 1 is 1.09 bits per heavy atom. The lowest BCUT2D eigenvalue weighted by molar-refractivity contribution is -0.123. The van der Waals surface area contributed by atoms with Crippen molar-refractivity contribution in [2.24, 2.45) is 23.7 Å². The molecule has 2 fully saturated rings. The molecule has 3 amide bonds. The van der Waals surface area contributed by atoms with Gasteiger partial charge in [0.2, 0.25) is 11.8 Å². The third-order valence-electron chi connectivity index (χ3n) is 6.75. The second-order valence-corrected chi connectivity index (χ2v) is 9.62. The number of amides is 3. The molecule has 7 nitrogen and oxygen atoms in total. The van der Waals surface area contributed by atoms with Crippen LogP contribution in [-0.4, -0.2) is 29.3 Å². The SMILES string of the molecule is CCOc1ccc2nc(NC(=O)c3ccc(N4C(=O)[C@@H]5[C@@H](C4=O)[C@H]4C=C[C@H]5C4)cc3)sc2c1. The molecule has 6 rings (SSSR count). The van der Waals surface area contributed by atoms with Gasteiger partial charge in [-0.1, -0.05) is 23.5 Å². The summed E-state index contributed by atoms with van der Waals surface area (Å²) in [6, 6.07) is 12.2. The van der Waals surface area contributed by atoms with Gasteiger partial charge in [0.25, 0.3) is 5.91 Å². The summed E-state index contributed by atoms with van der Waals surface area (Å²) in [6.45, 7) is 2.51. The molecule has 33 heavy (non-hydrogen) atoms. The van der Waals surface area contributed by atoms with Gasteiger partial charge in [-0.3, -0.25) is 24.6 Å². The van der Waals surface area contributed by atoms with Gasteiger partial charge in [0.05, 0.1) is 34.3 Å². The summed E-state index contributed by atoms with van der Waals surface area (Å²) in [5.74, 6) is 0.0788. The Labute approximate surface area is 194 Å². The lowest BCUT2D eigenvalue weighted by Gasteiger charge is -2.17. The zero-order valence-electron chi connectivity index (χ0n) is 17.9. The van der Waals surface area contributed by atoms with Crippen LogP contribution in [0.15, 0.2) is 54.6 Å². The van der Waals surface area contributed by atoms with E-state index in [2.05, 4.69) is 22.5 Å². The molecule has 0 unspecified atom stereocenters. The van der Waals surface area contributed by atoms with Gasteiger partial charge < -0.3 is 4.74 Å². The van der Waals surface area contributed by atoms with Crippen LogP contribution >= 0.6 is 11.3 Å². The molecule has 1 aliphatic heterocycles. The second-order valence-electron chi connectivity index (χ2n) is 8.59. The molecule has 1 saturated heterocycles. The molecule has 1 N–H and O–H groups in total. The first kappa shape index (κ1) is 20.1. The number of ether oxygens (including phenoxy) is 1. The number of imide groups is 1. The standard InChI is InChI=1S/C25H21N3O4S/c1-2-32-17-9-10-18-19(12-17)33-25(26-18)27-22(29)13-5-7-16(8-6-13)28-23(30)20-14-3-4-15(11-14)21(20)24(28)31/h3-10,12,14-15,20-21H,2,11H2,1H3,(H,26,27,29)/t14-,15-,20-,21-/m0/s1. The molecule has 2 heterocycles. The van der Waals surface area contributed by atoms with Crippen molar-refractivity contribution in [2.75, 3.05) is 16.8 Å². The molecule has 0 radical (unpaired) electrons. The van der Waals surface area contributed by atoms with E-state index >= 15 is 0 Å². The van der Waals surface area contributed by atoms with Crippen molar-refractivity contribution in [1.82, 2.24) is 4.98 Å². The highest BCUT2D eigenvalue weighted by atomic mass is 32.1. The monoisotopic (exact) mass is 459 g/mol. The van der Waals surface area contributed by atoms with Gasteiger partial charge in [-0.15, -0.1) is 0 Å². The molecule has 166 valence electrons. The van der Waals surface area contributed by atoms with Crippen molar-refractivity contribution in [3.05, 3.63) is 60.2 Å². The number of aromatic nitrogens is 1. The first-order valence-electron chi connectivity index (χ1n) is 11.0. The molecule has 1 aromatic heterocycles. The van der Waals surface area contributed by atoms with Crippen LogP contribution < -0.4 is 15.0 Å². The Morgan fingerprint density at radius 2 is 1.79 bits per heavy atom. The van der Waals surface area contributed by atoms with Crippen LogP contribution in [0.5, 0.6) is 5.75 Å². The summed E-state index contributed by atoms with van der Waals surface area (Å²) in [4.78, 5) is 44.5. The van der Waals surface area contributed by atoms with E-state index in [0.717, 1.165) is 22.4 Å². The van der Waals surface area contributed by atoms with Crippen molar-refractivity contribution >= 4 is 50.1 Å². The van der Waals surface area contributed by atoms with E-state index in [-0.39, 0.29) is 41.4 Å². The number of nitrogens with one attached hydrogen (secondary N) is 1. The minimum Gasteiger partial charge on any atom is -0.494 e. The number of carbonyl (C=O) groups is 3. The molecular weight excluding hydrogens is 438 g/mol. The van der Waals surface area contributed by atoms with Crippen molar-refractivity contribution in [3.63, 3.8) is 0 Å². The Hall–Kier alpha value is -3.52. The maximum absolute atomic E-state index is 13.0. The maximum atomic E-state index is 13.0. The number of anilines is 2. The van der Waals surface area contributed by atoms with Crippen molar-refractivity contribution in [1.29, 1.82) is 0 Å². The highest BCUT2D eigenvalue weighted by Crippen LogP contribution is 2.53. The Bertz CT molecular complexity index is 1300. The number of hydrogen-bond donors (Lipinski definition) is 1. The number of carbonyl (C=O) groups excluding carboxylic acids is 3. The number of hydrogen-bond acceptors (Lipinski definition) is 6. The van der Waals surface area contributed by atoms with Crippen LogP contribution in [0.4, 0.5) is 10.8 Å². The van der Waals surface area contributed by atoms with Crippen molar-refractivity contribution in [2.45, 2.75) is 13.3 Å². The minimum absolute atomic E-state index is 0.125. The van der Waals surface area contributed by atoms with Crippen LogP contribution in [0, 0.1) is 23.7 Å². The van der Waals surface area contributed by atoms with E-state index in [9.17, 15) is 14.4 Å². The van der Waals surface area contributed by atoms with E-state index in [1.807, 2.05) is 25.1 Å². The number of benzene rings is 2. The second kappa shape index (κ2) is 7.52. The summed E-state index contributed by atoms with van der Waals surface area (Å²) in [5, 5.41) is 3.32. The lowest BCUT2D eigenvalue weighted by atomic mass is 9.85. The predicted octanol–water partition coefficient (Wildman–Crippen LogP) is 4.26. The quantitative estimate of drug-likeness (QED) is 0.455. The normalized spacial score (nSPS) is 25.2. The number of rotatable bonds is 5. The molecule has 2 aliphatic carbocycles. The smallest absolute Gasteiger partial charge is 0.257 e. The van der Waals surface area contributed by atoms with Crippen molar-refractivity contribution in [3.8, 4) is 5.75 Å². The maximum Gasteiger partial charge on any atom is 0.257 e. The van der Waals surface area contributed by atoms with Crippen LogP contribution in [0.2, 0.25) is 0 Å². The fraction of sp³-hybridized carbons (Fsp3) is 0.280.